The maximum atomic E-state index is 14.7. The fourth-order valence-corrected chi connectivity index (χ4v) is 4.35. The molecule has 0 bridgehead atoms. The highest BCUT2D eigenvalue weighted by Gasteiger charge is 2.29. The molecule has 0 saturated carbocycles. The molecule has 2 aromatic carbocycles. The number of halogens is 2. The van der Waals surface area contributed by atoms with E-state index < -0.39 is 21.5 Å². The number of ether oxygens (including phenoxy) is 1. The second-order valence-electron chi connectivity index (χ2n) is 8.28. The van der Waals surface area contributed by atoms with E-state index in [1.54, 1.807) is 0 Å². The Morgan fingerprint density at radius 1 is 1.06 bits per heavy atom. The molecule has 1 saturated heterocycles. The number of rotatable bonds is 8. The smallest absolute Gasteiger partial charge is 0.225 e. The molecule has 0 aliphatic carbocycles. The Morgan fingerprint density at radius 2 is 1.73 bits per heavy atom. The number of nitrogens with zero attached hydrogens (tertiary/aromatic N) is 3. The van der Waals surface area contributed by atoms with Crippen molar-refractivity contribution >= 4 is 15.8 Å². The van der Waals surface area contributed by atoms with Crippen molar-refractivity contribution < 1.29 is 21.9 Å². The number of hydrogen-bond donors (Lipinski definition) is 0. The van der Waals surface area contributed by atoms with Crippen LogP contribution in [-0.4, -0.2) is 44.3 Å². The molecule has 1 aliphatic rings. The summed E-state index contributed by atoms with van der Waals surface area (Å²) in [6.45, 7) is 3.72. The van der Waals surface area contributed by atoms with Crippen LogP contribution < -0.4 is 9.64 Å². The van der Waals surface area contributed by atoms with Gasteiger partial charge in [-0.15, -0.1) is 0 Å². The van der Waals surface area contributed by atoms with Crippen molar-refractivity contribution in [1.82, 2.24) is 9.97 Å². The highest BCUT2D eigenvalue weighted by atomic mass is 32.2. The molecule has 9 heteroatoms. The van der Waals surface area contributed by atoms with Crippen molar-refractivity contribution in [3.8, 4) is 16.9 Å². The van der Waals surface area contributed by atoms with Crippen LogP contribution in [0.2, 0.25) is 0 Å². The molecule has 0 unspecified atom stereocenters. The molecule has 0 radical (unpaired) electrons. The monoisotopic (exact) mass is 473 g/mol. The molecule has 2 heterocycles. The van der Waals surface area contributed by atoms with Gasteiger partial charge in [0.05, 0.1) is 11.5 Å². The van der Waals surface area contributed by atoms with Crippen LogP contribution in [0.1, 0.15) is 18.9 Å². The van der Waals surface area contributed by atoms with E-state index in [4.69, 9.17) is 4.74 Å². The van der Waals surface area contributed by atoms with E-state index in [2.05, 4.69) is 16.9 Å². The van der Waals surface area contributed by atoms with E-state index in [0.717, 1.165) is 36.8 Å². The lowest BCUT2D eigenvalue weighted by atomic mass is 10.0. The van der Waals surface area contributed by atoms with Crippen LogP contribution in [0, 0.1) is 17.6 Å². The number of benzene rings is 2. The average molecular weight is 474 g/mol. The first-order valence-corrected chi connectivity index (χ1v) is 12.6. The molecule has 1 aliphatic heterocycles. The Bertz CT molecular complexity index is 1230. The Kier molecular flexibility index (Phi) is 6.60. The van der Waals surface area contributed by atoms with E-state index in [9.17, 15) is 17.2 Å². The minimum absolute atomic E-state index is 0.0402. The van der Waals surface area contributed by atoms with Crippen LogP contribution in [0.15, 0.2) is 53.7 Å². The molecular weight excluding hydrogens is 448 g/mol. The van der Waals surface area contributed by atoms with E-state index in [1.165, 1.54) is 24.3 Å². The fraction of sp³-hybridized carbons (Fsp3) is 0.333. The summed E-state index contributed by atoms with van der Waals surface area (Å²) in [6, 6.07) is 7.74. The summed E-state index contributed by atoms with van der Waals surface area (Å²) in [5, 5.41) is 0. The third-order valence-electron chi connectivity index (χ3n) is 5.56. The van der Waals surface area contributed by atoms with Gasteiger partial charge in [0.2, 0.25) is 5.95 Å². The van der Waals surface area contributed by atoms with Gasteiger partial charge in [-0.3, -0.25) is 0 Å². The summed E-state index contributed by atoms with van der Waals surface area (Å²) in [5.41, 5.74) is 1.53. The summed E-state index contributed by atoms with van der Waals surface area (Å²) in [6.07, 6.45) is 6.75. The SMILES string of the molecule is CCCc1cnc(N2CC(COc3cc(F)c(-c4ccc(S(C)(=O)=O)cc4)cc3F)C2)nc1. The predicted molar refractivity (Wildman–Crippen MR) is 122 cm³/mol. The van der Waals surface area contributed by atoms with Crippen LogP contribution >= 0.6 is 0 Å². The second-order valence-corrected chi connectivity index (χ2v) is 10.3. The zero-order valence-electron chi connectivity index (χ0n) is 18.5. The molecule has 0 atom stereocenters. The Labute approximate surface area is 192 Å². The van der Waals surface area contributed by atoms with Gasteiger partial charge >= 0.3 is 0 Å². The van der Waals surface area contributed by atoms with Crippen molar-refractivity contribution in [2.75, 3.05) is 30.9 Å². The maximum absolute atomic E-state index is 14.7. The molecule has 0 spiro atoms. The van der Waals surface area contributed by atoms with Gasteiger partial charge in [-0.05, 0) is 35.7 Å². The second kappa shape index (κ2) is 9.43. The first-order valence-electron chi connectivity index (χ1n) is 10.7. The minimum Gasteiger partial charge on any atom is -0.490 e. The molecule has 1 fully saturated rings. The van der Waals surface area contributed by atoms with Crippen molar-refractivity contribution in [2.45, 2.75) is 24.7 Å². The van der Waals surface area contributed by atoms with Crippen molar-refractivity contribution in [3.63, 3.8) is 0 Å². The van der Waals surface area contributed by atoms with Gasteiger partial charge in [-0.25, -0.2) is 27.2 Å². The van der Waals surface area contributed by atoms with Gasteiger partial charge in [-0.2, -0.15) is 0 Å². The van der Waals surface area contributed by atoms with Crippen molar-refractivity contribution in [1.29, 1.82) is 0 Å². The van der Waals surface area contributed by atoms with E-state index in [1.807, 2.05) is 17.3 Å². The number of sulfone groups is 1. The Hall–Kier alpha value is -3.07. The van der Waals surface area contributed by atoms with Gasteiger partial charge in [0.15, 0.2) is 21.4 Å². The third kappa shape index (κ3) is 5.30. The molecule has 33 heavy (non-hydrogen) atoms. The van der Waals surface area contributed by atoms with Crippen molar-refractivity contribution in [3.05, 3.63) is 66.0 Å². The van der Waals surface area contributed by atoms with E-state index >= 15 is 0 Å². The van der Waals surface area contributed by atoms with Gasteiger partial charge in [0, 0.05) is 49.3 Å². The topological polar surface area (TPSA) is 72.4 Å². The molecule has 6 nitrogen and oxygen atoms in total. The van der Waals surface area contributed by atoms with Gasteiger partial charge in [0.25, 0.3) is 0 Å². The van der Waals surface area contributed by atoms with Crippen LogP contribution in [0.3, 0.4) is 0 Å². The lowest BCUT2D eigenvalue weighted by Gasteiger charge is -2.38. The van der Waals surface area contributed by atoms with Crippen molar-refractivity contribution in [2.24, 2.45) is 5.92 Å². The van der Waals surface area contributed by atoms with Crippen LogP contribution in [0.5, 0.6) is 5.75 Å². The zero-order chi connectivity index (χ0) is 23.6. The molecule has 3 aromatic rings. The predicted octanol–water partition coefficient (Wildman–Crippen LogP) is 4.29. The quantitative estimate of drug-likeness (QED) is 0.486. The summed E-state index contributed by atoms with van der Waals surface area (Å²) in [5.74, 6) is -0.647. The largest absolute Gasteiger partial charge is 0.490 e. The standard InChI is InChI=1S/C24H25F2N3O3S/c1-3-4-16-11-27-24(28-12-16)29-13-17(14-29)15-32-23-10-21(25)20(9-22(23)26)18-5-7-19(8-6-18)33(2,30)31/h5-12,17H,3-4,13-15H2,1-2H3. The highest BCUT2D eigenvalue weighted by Crippen LogP contribution is 2.31. The number of anilines is 1. The van der Waals surface area contributed by atoms with E-state index in [0.29, 0.717) is 24.6 Å². The maximum Gasteiger partial charge on any atom is 0.225 e. The normalized spacial score (nSPS) is 14.2. The number of aryl methyl sites for hydroxylation is 1. The average Bonchev–Trinajstić information content (AvgIpc) is 2.75. The molecule has 0 amide bonds. The molecule has 4 rings (SSSR count). The number of aromatic nitrogens is 2. The first kappa shape index (κ1) is 23.1. The summed E-state index contributed by atoms with van der Waals surface area (Å²) >= 11 is 0. The minimum atomic E-state index is -3.36. The lowest BCUT2D eigenvalue weighted by molar-refractivity contribution is 0.211. The third-order valence-corrected chi connectivity index (χ3v) is 6.69. The molecule has 1 aromatic heterocycles. The lowest BCUT2D eigenvalue weighted by Crippen LogP contribution is -2.50. The Balaban J connectivity index is 1.36. The summed E-state index contributed by atoms with van der Waals surface area (Å²) in [7, 11) is -3.36. The van der Waals surface area contributed by atoms with Crippen LogP contribution in [0.4, 0.5) is 14.7 Å². The van der Waals surface area contributed by atoms with Gasteiger partial charge in [0.1, 0.15) is 5.82 Å². The first-order chi connectivity index (χ1) is 15.7. The summed E-state index contributed by atoms with van der Waals surface area (Å²) in [4.78, 5) is 10.9. The molecule has 0 N–H and O–H groups in total. The van der Waals surface area contributed by atoms with E-state index in [-0.39, 0.29) is 28.7 Å². The highest BCUT2D eigenvalue weighted by molar-refractivity contribution is 7.90. The Morgan fingerprint density at radius 3 is 2.33 bits per heavy atom. The van der Waals surface area contributed by atoms with Crippen LogP contribution in [0.25, 0.3) is 11.1 Å². The van der Waals surface area contributed by atoms with Crippen LogP contribution in [-0.2, 0) is 16.3 Å². The zero-order valence-corrected chi connectivity index (χ0v) is 19.3. The van der Waals surface area contributed by atoms with Gasteiger partial charge in [-0.1, -0.05) is 25.5 Å². The number of hydrogen-bond acceptors (Lipinski definition) is 6. The fourth-order valence-electron chi connectivity index (χ4n) is 3.72. The molecular formula is C24H25F2N3O3S. The van der Waals surface area contributed by atoms with Gasteiger partial charge < -0.3 is 9.64 Å². The molecule has 174 valence electrons. The summed E-state index contributed by atoms with van der Waals surface area (Å²) < 4.78 is 57.9.